The standard InChI is InChI=1S/C19H17N3O3/c1-24-17-4-2-3-5-18(17)25-14-11-22(12-14)19(23)13-6-7-15-16(10-13)21-9-8-20-15/h2-10,14H,11-12H2,1H3. The summed E-state index contributed by atoms with van der Waals surface area (Å²) in [4.78, 5) is 22.8. The molecule has 0 bridgehead atoms. The molecule has 0 saturated carbocycles. The molecule has 6 nitrogen and oxygen atoms in total. The molecule has 0 atom stereocenters. The van der Waals surface area contributed by atoms with Crippen LogP contribution in [-0.2, 0) is 0 Å². The minimum atomic E-state index is -0.0273. The first kappa shape index (κ1) is 15.4. The van der Waals surface area contributed by atoms with Crippen LogP contribution < -0.4 is 9.47 Å². The maximum absolute atomic E-state index is 12.6. The molecule has 0 spiro atoms. The molecule has 1 aliphatic rings. The summed E-state index contributed by atoms with van der Waals surface area (Å²) < 4.78 is 11.2. The third-order valence-corrected chi connectivity index (χ3v) is 4.21. The Labute approximate surface area is 145 Å². The van der Waals surface area contributed by atoms with Crippen molar-refractivity contribution in [3.63, 3.8) is 0 Å². The Hall–Kier alpha value is -3.15. The van der Waals surface area contributed by atoms with Gasteiger partial charge in [0.05, 0.1) is 31.2 Å². The summed E-state index contributed by atoms with van der Waals surface area (Å²) in [5, 5.41) is 0. The second kappa shape index (κ2) is 6.39. The number of ether oxygens (including phenoxy) is 2. The molecule has 4 rings (SSSR count). The maximum Gasteiger partial charge on any atom is 0.254 e. The lowest BCUT2D eigenvalue weighted by molar-refractivity contribution is 0.0169. The predicted molar refractivity (Wildman–Crippen MR) is 92.9 cm³/mol. The van der Waals surface area contributed by atoms with Crippen LogP contribution >= 0.6 is 0 Å². The molecule has 2 heterocycles. The molecule has 25 heavy (non-hydrogen) atoms. The van der Waals surface area contributed by atoms with E-state index in [2.05, 4.69) is 9.97 Å². The molecule has 6 heteroatoms. The number of fused-ring (bicyclic) bond motifs is 1. The number of carbonyl (C=O) groups excluding carboxylic acids is 1. The van der Waals surface area contributed by atoms with Gasteiger partial charge in [-0.2, -0.15) is 0 Å². The van der Waals surface area contributed by atoms with E-state index in [-0.39, 0.29) is 12.0 Å². The first-order valence-corrected chi connectivity index (χ1v) is 8.04. The average Bonchev–Trinajstić information content (AvgIpc) is 2.63. The van der Waals surface area contributed by atoms with Crippen molar-refractivity contribution in [2.24, 2.45) is 0 Å². The van der Waals surface area contributed by atoms with Crippen molar-refractivity contribution in [3.8, 4) is 11.5 Å². The molecule has 1 fully saturated rings. The number of nitrogens with zero attached hydrogens (tertiary/aromatic N) is 3. The third kappa shape index (κ3) is 2.98. The zero-order valence-electron chi connectivity index (χ0n) is 13.8. The summed E-state index contributed by atoms with van der Waals surface area (Å²) in [6.07, 6.45) is 3.23. The Balaban J connectivity index is 1.41. The monoisotopic (exact) mass is 335 g/mol. The predicted octanol–water partition coefficient (Wildman–Crippen LogP) is 2.54. The van der Waals surface area contributed by atoms with Gasteiger partial charge < -0.3 is 14.4 Å². The molecule has 2 aromatic carbocycles. The van der Waals surface area contributed by atoms with Gasteiger partial charge in [0.2, 0.25) is 0 Å². The zero-order chi connectivity index (χ0) is 17.2. The van der Waals surface area contributed by atoms with Crippen LogP contribution in [0.3, 0.4) is 0 Å². The van der Waals surface area contributed by atoms with Crippen LogP contribution in [0.5, 0.6) is 11.5 Å². The van der Waals surface area contributed by atoms with Gasteiger partial charge in [-0.25, -0.2) is 0 Å². The van der Waals surface area contributed by atoms with E-state index >= 15 is 0 Å². The fourth-order valence-corrected chi connectivity index (χ4v) is 2.85. The molecular formula is C19H17N3O3. The van der Waals surface area contributed by atoms with Crippen molar-refractivity contribution in [2.45, 2.75) is 6.10 Å². The molecule has 1 aliphatic heterocycles. The van der Waals surface area contributed by atoms with E-state index in [0.29, 0.717) is 30.2 Å². The van der Waals surface area contributed by atoms with E-state index < -0.39 is 0 Å². The quantitative estimate of drug-likeness (QED) is 0.733. The van der Waals surface area contributed by atoms with Crippen LogP contribution in [0, 0.1) is 0 Å². The molecule has 0 N–H and O–H groups in total. The number of likely N-dealkylation sites (tertiary alicyclic amines) is 1. The Morgan fingerprint density at radius 1 is 1.04 bits per heavy atom. The van der Waals surface area contributed by atoms with Crippen LogP contribution in [-0.4, -0.2) is 47.1 Å². The van der Waals surface area contributed by atoms with E-state index in [4.69, 9.17) is 9.47 Å². The number of amides is 1. The molecular weight excluding hydrogens is 318 g/mol. The van der Waals surface area contributed by atoms with Crippen LogP contribution in [0.15, 0.2) is 54.9 Å². The lowest BCUT2D eigenvalue weighted by atomic mass is 10.1. The summed E-state index contributed by atoms with van der Waals surface area (Å²) in [6, 6.07) is 12.9. The van der Waals surface area contributed by atoms with Crippen molar-refractivity contribution in [3.05, 3.63) is 60.4 Å². The van der Waals surface area contributed by atoms with Crippen molar-refractivity contribution in [2.75, 3.05) is 20.2 Å². The van der Waals surface area contributed by atoms with Gasteiger partial charge in [0.15, 0.2) is 11.5 Å². The molecule has 1 aromatic heterocycles. The Bertz CT molecular complexity index is 922. The molecule has 0 radical (unpaired) electrons. The Morgan fingerprint density at radius 2 is 1.76 bits per heavy atom. The normalized spacial score (nSPS) is 14.2. The van der Waals surface area contributed by atoms with Gasteiger partial charge in [-0.3, -0.25) is 14.8 Å². The van der Waals surface area contributed by atoms with Gasteiger partial charge in [0, 0.05) is 18.0 Å². The second-order valence-electron chi connectivity index (χ2n) is 5.86. The summed E-state index contributed by atoms with van der Waals surface area (Å²) >= 11 is 0. The molecule has 0 unspecified atom stereocenters. The molecule has 126 valence electrons. The smallest absolute Gasteiger partial charge is 0.254 e. The number of carbonyl (C=O) groups is 1. The van der Waals surface area contributed by atoms with Crippen molar-refractivity contribution in [1.29, 1.82) is 0 Å². The van der Waals surface area contributed by atoms with Gasteiger partial charge >= 0.3 is 0 Å². The summed E-state index contributed by atoms with van der Waals surface area (Å²) in [5.41, 5.74) is 2.11. The fourth-order valence-electron chi connectivity index (χ4n) is 2.85. The third-order valence-electron chi connectivity index (χ3n) is 4.21. The number of hydrogen-bond acceptors (Lipinski definition) is 5. The Morgan fingerprint density at radius 3 is 2.52 bits per heavy atom. The van der Waals surface area contributed by atoms with Crippen molar-refractivity contribution in [1.82, 2.24) is 14.9 Å². The topological polar surface area (TPSA) is 64.6 Å². The van der Waals surface area contributed by atoms with Crippen LogP contribution in [0.25, 0.3) is 11.0 Å². The molecule has 1 saturated heterocycles. The van der Waals surface area contributed by atoms with Crippen LogP contribution in [0.2, 0.25) is 0 Å². The van der Waals surface area contributed by atoms with Crippen LogP contribution in [0.4, 0.5) is 0 Å². The lowest BCUT2D eigenvalue weighted by Crippen LogP contribution is -2.56. The van der Waals surface area contributed by atoms with E-state index in [1.54, 1.807) is 36.5 Å². The van der Waals surface area contributed by atoms with Crippen molar-refractivity contribution >= 4 is 16.9 Å². The van der Waals surface area contributed by atoms with Crippen LogP contribution in [0.1, 0.15) is 10.4 Å². The lowest BCUT2D eigenvalue weighted by Gasteiger charge is -2.39. The molecule has 3 aromatic rings. The van der Waals surface area contributed by atoms with E-state index in [1.165, 1.54) is 0 Å². The number of benzene rings is 2. The minimum absolute atomic E-state index is 0.0209. The first-order valence-electron chi connectivity index (χ1n) is 8.04. The highest BCUT2D eigenvalue weighted by molar-refractivity contribution is 5.97. The number of para-hydroxylation sites is 2. The average molecular weight is 335 g/mol. The van der Waals surface area contributed by atoms with Gasteiger partial charge in [-0.15, -0.1) is 0 Å². The fraction of sp³-hybridized carbons (Fsp3) is 0.211. The second-order valence-corrected chi connectivity index (χ2v) is 5.86. The summed E-state index contributed by atoms with van der Waals surface area (Å²) in [6.45, 7) is 1.10. The highest BCUT2D eigenvalue weighted by Crippen LogP contribution is 2.29. The van der Waals surface area contributed by atoms with E-state index in [9.17, 15) is 4.79 Å². The summed E-state index contributed by atoms with van der Waals surface area (Å²) in [7, 11) is 1.61. The molecule has 1 amide bonds. The Kier molecular flexibility index (Phi) is 3.93. The van der Waals surface area contributed by atoms with E-state index in [1.807, 2.05) is 30.3 Å². The maximum atomic E-state index is 12.6. The van der Waals surface area contributed by atoms with Gasteiger partial charge in [-0.1, -0.05) is 12.1 Å². The number of hydrogen-bond donors (Lipinski definition) is 0. The first-order chi connectivity index (χ1) is 12.2. The minimum Gasteiger partial charge on any atom is -0.493 e. The largest absolute Gasteiger partial charge is 0.493 e. The van der Waals surface area contributed by atoms with Gasteiger partial charge in [0.1, 0.15) is 6.10 Å². The van der Waals surface area contributed by atoms with E-state index in [0.717, 1.165) is 11.0 Å². The molecule has 0 aliphatic carbocycles. The number of aromatic nitrogens is 2. The van der Waals surface area contributed by atoms with Gasteiger partial charge in [0.25, 0.3) is 5.91 Å². The van der Waals surface area contributed by atoms with Crippen molar-refractivity contribution < 1.29 is 14.3 Å². The SMILES string of the molecule is COc1ccccc1OC1CN(C(=O)c2ccc3nccnc3c2)C1. The highest BCUT2D eigenvalue weighted by atomic mass is 16.5. The summed E-state index contributed by atoms with van der Waals surface area (Å²) in [5.74, 6) is 1.37. The van der Waals surface area contributed by atoms with Gasteiger partial charge in [-0.05, 0) is 30.3 Å². The highest BCUT2D eigenvalue weighted by Gasteiger charge is 2.33. The number of rotatable bonds is 4. The zero-order valence-corrected chi connectivity index (χ0v) is 13.8. The number of methoxy groups -OCH3 is 1.